The molecule has 2 bridgehead atoms. The number of allylic oxidation sites excluding steroid dienone is 2. The molecule has 4 aliphatic rings. The minimum Gasteiger partial charge on any atom is -0.350 e. The van der Waals surface area contributed by atoms with Gasteiger partial charge in [-0.05, 0) is 43.4 Å². The predicted molar refractivity (Wildman–Crippen MR) is 67.5 cm³/mol. The fraction of sp³-hybridized carbons (Fsp3) is 0.867. The van der Waals surface area contributed by atoms with Crippen LogP contribution in [0.5, 0.6) is 0 Å². The summed E-state index contributed by atoms with van der Waals surface area (Å²) in [5.74, 6) is 3.67. The van der Waals surface area contributed by atoms with Crippen LogP contribution in [0.3, 0.4) is 0 Å². The Bertz CT molecular complexity index is 315. The molecule has 4 atom stereocenters. The molecule has 1 saturated carbocycles. The lowest BCUT2D eigenvalue weighted by Gasteiger charge is -2.48. The lowest BCUT2D eigenvalue weighted by molar-refractivity contribution is -0.122. The van der Waals surface area contributed by atoms with Crippen LogP contribution in [0.4, 0.5) is 0 Å². The average molecular weight is 236 g/mol. The molecule has 0 unspecified atom stereocenters. The minimum absolute atomic E-state index is 0.0772. The van der Waals surface area contributed by atoms with Gasteiger partial charge in [0.25, 0.3) is 0 Å². The van der Waals surface area contributed by atoms with Crippen molar-refractivity contribution < 1.29 is 9.47 Å². The Morgan fingerprint density at radius 3 is 2.47 bits per heavy atom. The molecule has 4 rings (SSSR count). The van der Waals surface area contributed by atoms with Crippen LogP contribution < -0.4 is 0 Å². The third-order valence-corrected chi connectivity index (χ3v) is 5.05. The molecule has 2 heteroatoms. The topological polar surface area (TPSA) is 18.5 Å². The maximum Gasteiger partial charge on any atom is 0.161 e. The van der Waals surface area contributed by atoms with E-state index in [0.29, 0.717) is 11.8 Å². The number of ether oxygens (including phenoxy) is 2. The lowest BCUT2D eigenvalue weighted by Crippen LogP contribution is -2.44. The van der Waals surface area contributed by atoms with Crippen molar-refractivity contribution in [2.75, 3.05) is 13.2 Å². The Morgan fingerprint density at radius 1 is 1.18 bits per heavy atom. The summed E-state index contributed by atoms with van der Waals surface area (Å²) in [6, 6.07) is 0. The molecule has 0 amide bonds. The number of rotatable bonds is 2. The van der Waals surface area contributed by atoms with Gasteiger partial charge >= 0.3 is 0 Å². The molecular weight excluding hydrogens is 212 g/mol. The Kier molecular flexibility index (Phi) is 3.04. The molecule has 2 fully saturated rings. The Labute approximate surface area is 104 Å². The van der Waals surface area contributed by atoms with Crippen molar-refractivity contribution in [1.29, 1.82) is 0 Å². The van der Waals surface area contributed by atoms with E-state index in [4.69, 9.17) is 9.47 Å². The molecule has 0 N–H and O–H groups in total. The molecule has 3 aliphatic carbocycles. The molecular formula is C15H24O2. The fourth-order valence-electron chi connectivity index (χ4n) is 4.08. The van der Waals surface area contributed by atoms with Gasteiger partial charge in [-0.15, -0.1) is 0 Å². The summed E-state index contributed by atoms with van der Waals surface area (Å²) in [6.07, 6.45) is 5.26. The summed E-state index contributed by atoms with van der Waals surface area (Å²) in [4.78, 5) is 0. The quantitative estimate of drug-likeness (QED) is 0.685. The van der Waals surface area contributed by atoms with E-state index in [-0.39, 0.29) is 6.29 Å². The molecule has 0 spiro atoms. The Balaban J connectivity index is 1.83. The third kappa shape index (κ3) is 1.96. The number of hydrogen-bond donors (Lipinski definition) is 0. The van der Waals surface area contributed by atoms with Gasteiger partial charge < -0.3 is 9.47 Å². The zero-order valence-electron chi connectivity index (χ0n) is 11.2. The zero-order chi connectivity index (χ0) is 12.0. The van der Waals surface area contributed by atoms with Crippen LogP contribution in [0.15, 0.2) is 11.6 Å². The third-order valence-electron chi connectivity index (χ3n) is 5.05. The summed E-state index contributed by atoms with van der Waals surface area (Å²) in [7, 11) is 0. The Hall–Kier alpha value is -0.340. The lowest BCUT2D eigenvalue weighted by atomic mass is 9.58. The van der Waals surface area contributed by atoms with Gasteiger partial charge in [0.1, 0.15) is 0 Å². The first kappa shape index (κ1) is 11.7. The van der Waals surface area contributed by atoms with Crippen molar-refractivity contribution in [3.8, 4) is 0 Å². The largest absolute Gasteiger partial charge is 0.350 e. The van der Waals surface area contributed by atoms with E-state index in [1.807, 2.05) is 0 Å². The smallest absolute Gasteiger partial charge is 0.161 e. The van der Waals surface area contributed by atoms with E-state index in [9.17, 15) is 0 Å². The molecule has 1 saturated heterocycles. The number of fused-ring (bicyclic) bond motifs is 2. The molecule has 96 valence electrons. The zero-order valence-corrected chi connectivity index (χ0v) is 11.2. The van der Waals surface area contributed by atoms with Gasteiger partial charge in [-0.25, -0.2) is 0 Å². The monoisotopic (exact) mass is 236 g/mol. The van der Waals surface area contributed by atoms with Gasteiger partial charge in [-0.1, -0.05) is 25.5 Å². The van der Waals surface area contributed by atoms with Gasteiger partial charge in [0.2, 0.25) is 0 Å². The van der Waals surface area contributed by atoms with Crippen LogP contribution >= 0.6 is 0 Å². The van der Waals surface area contributed by atoms with Crippen LogP contribution in [0.25, 0.3) is 0 Å². The van der Waals surface area contributed by atoms with Crippen molar-refractivity contribution in [2.45, 2.75) is 39.9 Å². The maximum absolute atomic E-state index is 5.76. The predicted octanol–water partition coefficient (Wildman–Crippen LogP) is 3.23. The molecule has 0 aromatic rings. The van der Waals surface area contributed by atoms with Gasteiger partial charge in [-0.2, -0.15) is 0 Å². The highest BCUT2D eigenvalue weighted by atomic mass is 16.7. The van der Waals surface area contributed by atoms with Crippen molar-refractivity contribution >= 4 is 0 Å². The molecule has 0 aromatic carbocycles. The van der Waals surface area contributed by atoms with E-state index in [2.05, 4.69) is 26.8 Å². The fourth-order valence-corrected chi connectivity index (χ4v) is 4.08. The summed E-state index contributed by atoms with van der Waals surface area (Å²) in [5, 5.41) is 0. The van der Waals surface area contributed by atoms with Crippen LogP contribution in [0, 0.1) is 29.6 Å². The van der Waals surface area contributed by atoms with Gasteiger partial charge in [0, 0.05) is 5.92 Å². The van der Waals surface area contributed by atoms with Crippen LogP contribution in [-0.4, -0.2) is 19.5 Å². The summed E-state index contributed by atoms with van der Waals surface area (Å²) >= 11 is 0. The Morgan fingerprint density at radius 2 is 1.88 bits per heavy atom. The van der Waals surface area contributed by atoms with Gasteiger partial charge in [-0.3, -0.25) is 0 Å². The highest BCUT2D eigenvalue weighted by Gasteiger charge is 2.46. The second-order valence-corrected chi connectivity index (χ2v) is 6.34. The molecule has 0 radical (unpaired) electrons. The highest BCUT2D eigenvalue weighted by molar-refractivity contribution is 5.18. The van der Waals surface area contributed by atoms with Crippen molar-refractivity contribution in [3.63, 3.8) is 0 Å². The molecule has 1 heterocycles. The van der Waals surface area contributed by atoms with E-state index in [0.717, 1.165) is 31.0 Å². The standard InChI is InChI=1S/C15H24O2/c1-9(2)12-7-11-8-14(13(12)6-10(11)3)15-16-4-5-17-15/h6,9,11-15H,4-5,7-8H2,1-3H3/t11-,12+,13-,14-/m0/s1. The summed E-state index contributed by atoms with van der Waals surface area (Å²) in [6.45, 7) is 8.60. The van der Waals surface area contributed by atoms with E-state index < -0.39 is 0 Å². The highest BCUT2D eigenvalue weighted by Crippen LogP contribution is 2.51. The van der Waals surface area contributed by atoms with Crippen LogP contribution in [-0.2, 0) is 9.47 Å². The van der Waals surface area contributed by atoms with Gasteiger partial charge in [0.05, 0.1) is 13.2 Å². The van der Waals surface area contributed by atoms with E-state index >= 15 is 0 Å². The molecule has 17 heavy (non-hydrogen) atoms. The molecule has 1 aliphatic heterocycles. The molecule has 0 aromatic heterocycles. The average Bonchev–Trinajstić information content (AvgIpc) is 2.82. The maximum atomic E-state index is 5.76. The van der Waals surface area contributed by atoms with Gasteiger partial charge in [0.15, 0.2) is 6.29 Å². The normalized spacial score (nSPS) is 42.2. The van der Waals surface area contributed by atoms with Crippen LogP contribution in [0.2, 0.25) is 0 Å². The number of hydrogen-bond acceptors (Lipinski definition) is 2. The first-order valence-electron chi connectivity index (χ1n) is 7.08. The van der Waals surface area contributed by atoms with Crippen molar-refractivity contribution in [3.05, 3.63) is 11.6 Å². The second kappa shape index (κ2) is 4.40. The molecule has 2 nitrogen and oxygen atoms in total. The van der Waals surface area contributed by atoms with E-state index in [1.54, 1.807) is 5.57 Å². The first-order valence-corrected chi connectivity index (χ1v) is 7.08. The SMILES string of the molecule is CC1=C[C@H]2[C@@H](C(C)C)C[C@H]1C[C@@H]2C1OCCO1. The van der Waals surface area contributed by atoms with Crippen molar-refractivity contribution in [1.82, 2.24) is 0 Å². The van der Waals surface area contributed by atoms with Crippen LogP contribution in [0.1, 0.15) is 33.6 Å². The summed E-state index contributed by atoms with van der Waals surface area (Å²) in [5.41, 5.74) is 1.61. The first-order chi connectivity index (χ1) is 8.16. The minimum atomic E-state index is 0.0772. The van der Waals surface area contributed by atoms with Crippen molar-refractivity contribution in [2.24, 2.45) is 29.6 Å². The second-order valence-electron chi connectivity index (χ2n) is 6.34. The summed E-state index contributed by atoms with van der Waals surface area (Å²) < 4.78 is 11.5. The van der Waals surface area contributed by atoms with E-state index in [1.165, 1.54) is 12.8 Å².